The van der Waals surface area contributed by atoms with Crippen LogP contribution in [0.25, 0.3) is 0 Å². The van der Waals surface area contributed by atoms with Crippen LogP contribution in [0, 0.1) is 0 Å². The first kappa shape index (κ1) is 15.6. The molecule has 0 aromatic carbocycles. The summed E-state index contributed by atoms with van der Waals surface area (Å²) in [5.41, 5.74) is 0.333. The molecule has 1 aliphatic carbocycles. The van der Waals surface area contributed by atoms with E-state index in [1.807, 2.05) is 7.05 Å². The molecular weight excluding hydrogens is 280 g/mol. The van der Waals surface area contributed by atoms with Crippen LogP contribution in [0.4, 0.5) is 5.82 Å². The van der Waals surface area contributed by atoms with Crippen molar-refractivity contribution in [2.24, 2.45) is 0 Å². The van der Waals surface area contributed by atoms with Crippen molar-refractivity contribution < 1.29 is 9.84 Å². The number of anilines is 1. The standard InChI is InChI=1S/C16H26N4O2/c1-17-15-14(18-7-8-19-15)13-11-20(9-10-22-13)12-16(21)5-3-2-4-6-16/h7-8,13,21H,2-6,9-12H2,1H3,(H,17,19)/t13-/m1/s1. The van der Waals surface area contributed by atoms with E-state index in [-0.39, 0.29) is 6.10 Å². The zero-order chi connectivity index (χ0) is 15.4. The predicted octanol–water partition coefficient (Wildman–Crippen LogP) is 1.59. The van der Waals surface area contributed by atoms with Crippen molar-refractivity contribution in [3.63, 3.8) is 0 Å². The van der Waals surface area contributed by atoms with E-state index in [2.05, 4.69) is 20.2 Å². The van der Waals surface area contributed by atoms with E-state index >= 15 is 0 Å². The third-order valence-corrected chi connectivity index (χ3v) is 4.72. The molecule has 0 unspecified atom stereocenters. The maximum atomic E-state index is 10.8. The first-order valence-electron chi connectivity index (χ1n) is 8.25. The highest BCUT2D eigenvalue weighted by Gasteiger charge is 2.34. The summed E-state index contributed by atoms with van der Waals surface area (Å²) in [5.74, 6) is 0.769. The Morgan fingerprint density at radius 2 is 2.09 bits per heavy atom. The van der Waals surface area contributed by atoms with Gasteiger partial charge >= 0.3 is 0 Å². The van der Waals surface area contributed by atoms with Gasteiger partial charge in [0, 0.05) is 39.1 Å². The van der Waals surface area contributed by atoms with Gasteiger partial charge in [-0.1, -0.05) is 19.3 Å². The summed E-state index contributed by atoms with van der Waals surface area (Å²) in [7, 11) is 1.85. The van der Waals surface area contributed by atoms with Crippen LogP contribution in [0.5, 0.6) is 0 Å². The number of nitrogens with zero attached hydrogens (tertiary/aromatic N) is 3. The minimum atomic E-state index is -0.520. The van der Waals surface area contributed by atoms with Gasteiger partial charge in [0.05, 0.1) is 12.2 Å². The fourth-order valence-electron chi connectivity index (χ4n) is 3.57. The fraction of sp³-hybridized carbons (Fsp3) is 0.750. The molecule has 2 fully saturated rings. The number of ether oxygens (including phenoxy) is 1. The third-order valence-electron chi connectivity index (χ3n) is 4.72. The molecule has 0 bridgehead atoms. The molecule has 1 saturated heterocycles. The molecule has 1 aromatic heterocycles. The van der Waals surface area contributed by atoms with Crippen LogP contribution >= 0.6 is 0 Å². The average Bonchev–Trinajstić information content (AvgIpc) is 2.55. The monoisotopic (exact) mass is 306 g/mol. The van der Waals surface area contributed by atoms with Gasteiger partial charge in [0.1, 0.15) is 17.6 Å². The van der Waals surface area contributed by atoms with Crippen molar-refractivity contribution in [2.75, 3.05) is 38.6 Å². The van der Waals surface area contributed by atoms with Crippen LogP contribution in [0.1, 0.15) is 43.9 Å². The quantitative estimate of drug-likeness (QED) is 0.880. The van der Waals surface area contributed by atoms with Gasteiger partial charge in [0.15, 0.2) is 0 Å². The Morgan fingerprint density at radius 3 is 2.86 bits per heavy atom. The first-order chi connectivity index (χ1) is 10.7. The highest BCUT2D eigenvalue weighted by molar-refractivity contribution is 5.40. The normalized spacial score (nSPS) is 25.8. The smallest absolute Gasteiger partial charge is 0.150 e. The molecule has 1 atom stereocenters. The molecule has 2 N–H and O–H groups in total. The predicted molar refractivity (Wildman–Crippen MR) is 84.7 cm³/mol. The Balaban J connectivity index is 1.66. The minimum absolute atomic E-state index is 0.0860. The van der Waals surface area contributed by atoms with E-state index in [1.165, 1.54) is 6.42 Å². The molecule has 3 rings (SSSR count). The molecule has 0 spiro atoms. The van der Waals surface area contributed by atoms with E-state index in [0.29, 0.717) is 6.61 Å². The van der Waals surface area contributed by atoms with Crippen molar-refractivity contribution in [3.05, 3.63) is 18.1 Å². The molecule has 22 heavy (non-hydrogen) atoms. The second-order valence-electron chi connectivity index (χ2n) is 6.42. The minimum Gasteiger partial charge on any atom is -0.389 e. The van der Waals surface area contributed by atoms with Crippen molar-refractivity contribution in [1.82, 2.24) is 14.9 Å². The Bertz CT molecular complexity index is 491. The summed E-state index contributed by atoms with van der Waals surface area (Å²) in [6, 6.07) is 0. The van der Waals surface area contributed by atoms with E-state index < -0.39 is 5.60 Å². The second kappa shape index (κ2) is 6.89. The summed E-state index contributed by atoms with van der Waals surface area (Å²) >= 11 is 0. The number of β-amino-alcohol motifs (C(OH)–C–C–N with tert-alkyl or cyclic N) is 1. The van der Waals surface area contributed by atoms with Gasteiger partial charge < -0.3 is 15.2 Å². The maximum absolute atomic E-state index is 10.8. The number of rotatable bonds is 4. The second-order valence-corrected chi connectivity index (χ2v) is 6.42. The van der Waals surface area contributed by atoms with Crippen molar-refractivity contribution in [2.45, 2.75) is 43.8 Å². The zero-order valence-electron chi connectivity index (χ0n) is 13.3. The summed E-state index contributed by atoms with van der Waals surface area (Å²) in [5, 5.41) is 13.8. The van der Waals surface area contributed by atoms with Crippen LogP contribution in [0.2, 0.25) is 0 Å². The lowest BCUT2D eigenvalue weighted by molar-refractivity contribution is -0.0775. The Morgan fingerprint density at radius 1 is 1.32 bits per heavy atom. The molecule has 6 nitrogen and oxygen atoms in total. The number of aromatic nitrogens is 2. The van der Waals surface area contributed by atoms with Gasteiger partial charge in [0.25, 0.3) is 0 Å². The lowest BCUT2D eigenvalue weighted by Gasteiger charge is -2.40. The van der Waals surface area contributed by atoms with Gasteiger partial charge in [0.2, 0.25) is 0 Å². The largest absolute Gasteiger partial charge is 0.389 e. The van der Waals surface area contributed by atoms with Crippen LogP contribution in [0.3, 0.4) is 0 Å². The molecule has 1 aromatic rings. The molecule has 0 amide bonds. The zero-order valence-corrected chi connectivity index (χ0v) is 13.3. The molecule has 2 heterocycles. The Kier molecular flexibility index (Phi) is 4.90. The summed E-state index contributed by atoms with van der Waals surface area (Å²) < 4.78 is 5.89. The van der Waals surface area contributed by atoms with Gasteiger partial charge in [-0.25, -0.2) is 4.98 Å². The Labute approximate surface area is 131 Å². The molecular formula is C16H26N4O2. The molecule has 6 heteroatoms. The van der Waals surface area contributed by atoms with Crippen LogP contribution in [0.15, 0.2) is 12.4 Å². The first-order valence-corrected chi connectivity index (χ1v) is 8.25. The topological polar surface area (TPSA) is 70.5 Å². The third kappa shape index (κ3) is 3.56. The van der Waals surface area contributed by atoms with E-state index in [4.69, 9.17) is 4.74 Å². The highest BCUT2D eigenvalue weighted by Crippen LogP contribution is 2.31. The lowest BCUT2D eigenvalue weighted by atomic mass is 9.84. The van der Waals surface area contributed by atoms with Gasteiger partial charge in [-0.15, -0.1) is 0 Å². The van der Waals surface area contributed by atoms with Gasteiger partial charge in [-0.05, 0) is 12.8 Å². The summed E-state index contributed by atoms with van der Waals surface area (Å²) in [4.78, 5) is 11.1. The van der Waals surface area contributed by atoms with Crippen molar-refractivity contribution in [1.29, 1.82) is 0 Å². The average molecular weight is 306 g/mol. The van der Waals surface area contributed by atoms with Crippen LogP contribution < -0.4 is 5.32 Å². The number of hydrogen-bond donors (Lipinski definition) is 2. The fourth-order valence-corrected chi connectivity index (χ4v) is 3.57. The van der Waals surface area contributed by atoms with E-state index in [9.17, 15) is 5.11 Å². The summed E-state index contributed by atoms with van der Waals surface area (Å²) in [6.07, 6.45) is 8.66. The molecule has 0 radical (unpaired) electrons. The van der Waals surface area contributed by atoms with Gasteiger partial charge in [-0.3, -0.25) is 9.88 Å². The number of morpholine rings is 1. The lowest BCUT2D eigenvalue weighted by Crippen LogP contribution is -2.49. The maximum Gasteiger partial charge on any atom is 0.150 e. The van der Waals surface area contributed by atoms with E-state index in [0.717, 1.165) is 56.8 Å². The molecule has 2 aliphatic rings. The number of aliphatic hydroxyl groups is 1. The number of hydrogen-bond acceptors (Lipinski definition) is 6. The molecule has 1 aliphatic heterocycles. The van der Waals surface area contributed by atoms with Crippen LogP contribution in [-0.4, -0.2) is 58.9 Å². The van der Waals surface area contributed by atoms with Crippen LogP contribution in [-0.2, 0) is 4.74 Å². The SMILES string of the molecule is CNc1nccnc1[C@H]1CN(CC2(O)CCCCC2)CCO1. The van der Waals surface area contributed by atoms with Crippen molar-refractivity contribution in [3.8, 4) is 0 Å². The van der Waals surface area contributed by atoms with Gasteiger partial charge in [-0.2, -0.15) is 0 Å². The number of nitrogens with one attached hydrogen (secondary N) is 1. The van der Waals surface area contributed by atoms with E-state index in [1.54, 1.807) is 12.4 Å². The van der Waals surface area contributed by atoms with Crippen molar-refractivity contribution >= 4 is 5.82 Å². The Hall–Kier alpha value is -1.24. The highest BCUT2D eigenvalue weighted by atomic mass is 16.5. The molecule has 122 valence electrons. The summed E-state index contributed by atoms with van der Waals surface area (Å²) in [6.45, 7) is 3.03. The molecule has 1 saturated carbocycles.